The highest BCUT2D eigenvalue weighted by Gasteiger charge is 2.54. The van der Waals surface area contributed by atoms with Gasteiger partial charge in [0.2, 0.25) is 0 Å². The second kappa shape index (κ2) is 5.83. The Morgan fingerprint density at radius 1 is 1.52 bits per heavy atom. The van der Waals surface area contributed by atoms with Gasteiger partial charge in [0.15, 0.2) is 6.23 Å². The summed E-state index contributed by atoms with van der Waals surface area (Å²) >= 11 is 0. The van der Waals surface area contributed by atoms with Gasteiger partial charge in [-0.2, -0.15) is 4.98 Å². The molecule has 0 saturated carbocycles. The van der Waals surface area contributed by atoms with Gasteiger partial charge in [0.1, 0.15) is 11.4 Å². The number of nitrogens with zero attached hydrogens (tertiary/aromatic N) is 2. The van der Waals surface area contributed by atoms with Gasteiger partial charge in [-0.15, -0.1) is 5.92 Å². The monoisotopic (exact) mass is 294 g/mol. The fourth-order valence-corrected chi connectivity index (χ4v) is 2.57. The molecule has 0 amide bonds. The molecule has 0 aromatic carbocycles. The molecule has 114 valence electrons. The zero-order chi connectivity index (χ0) is 15.6. The second-order valence-electron chi connectivity index (χ2n) is 4.85. The van der Waals surface area contributed by atoms with Crippen molar-refractivity contribution in [3.05, 3.63) is 22.7 Å². The molecule has 2 rings (SSSR count). The van der Waals surface area contributed by atoms with Crippen LogP contribution in [0.25, 0.3) is 0 Å². The van der Waals surface area contributed by atoms with E-state index in [2.05, 4.69) is 16.8 Å². The maximum absolute atomic E-state index is 12.0. The van der Waals surface area contributed by atoms with Gasteiger partial charge in [-0.1, -0.05) is 5.92 Å². The van der Waals surface area contributed by atoms with Crippen molar-refractivity contribution in [3.63, 3.8) is 0 Å². The van der Waals surface area contributed by atoms with Gasteiger partial charge >= 0.3 is 5.69 Å². The molecule has 1 fully saturated rings. The highest BCUT2D eigenvalue weighted by atomic mass is 16.5. The summed E-state index contributed by atoms with van der Waals surface area (Å²) in [6.45, 7) is 0.920. The normalized spacial score (nSPS) is 31.7. The van der Waals surface area contributed by atoms with E-state index >= 15 is 0 Å². The van der Waals surface area contributed by atoms with Crippen molar-refractivity contribution in [2.75, 3.05) is 18.9 Å². The molecule has 1 saturated heterocycles. The molecule has 2 unspecified atom stereocenters. The van der Waals surface area contributed by atoms with Gasteiger partial charge in [0, 0.05) is 12.1 Å². The average Bonchev–Trinajstić information content (AvgIpc) is 2.71. The minimum atomic E-state index is -1.32. The van der Waals surface area contributed by atoms with Crippen LogP contribution in [0.2, 0.25) is 0 Å². The quantitative estimate of drug-likeness (QED) is 0.475. The van der Waals surface area contributed by atoms with Crippen LogP contribution in [-0.4, -0.2) is 44.6 Å². The number of rotatable bonds is 3. The van der Waals surface area contributed by atoms with Crippen molar-refractivity contribution in [3.8, 4) is 11.8 Å². The first kappa shape index (κ1) is 15.5. The minimum absolute atomic E-state index is 0.0795. The number of aliphatic hydroxyl groups is 2. The lowest BCUT2D eigenvalue weighted by molar-refractivity contribution is -0.0409. The highest BCUT2D eigenvalue weighted by molar-refractivity contribution is 5.27. The van der Waals surface area contributed by atoms with Gasteiger partial charge in [-0.3, -0.25) is 4.57 Å². The molecule has 0 radical (unpaired) electrons. The Balaban J connectivity index is 2.54. The van der Waals surface area contributed by atoms with Crippen molar-refractivity contribution < 1.29 is 14.9 Å². The Bertz CT molecular complexity index is 635. The highest BCUT2D eigenvalue weighted by Crippen LogP contribution is 2.39. The van der Waals surface area contributed by atoms with Crippen LogP contribution < -0.4 is 17.2 Å². The molecule has 21 heavy (non-hydrogen) atoms. The van der Waals surface area contributed by atoms with Gasteiger partial charge < -0.3 is 26.4 Å². The van der Waals surface area contributed by atoms with Crippen LogP contribution in [0.3, 0.4) is 0 Å². The molecule has 8 heteroatoms. The van der Waals surface area contributed by atoms with Crippen LogP contribution in [0.15, 0.2) is 17.1 Å². The molecular formula is C13H18N4O4. The molecule has 1 aromatic heterocycles. The van der Waals surface area contributed by atoms with Gasteiger partial charge in [0.25, 0.3) is 0 Å². The van der Waals surface area contributed by atoms with Gasteiger partial charge in [-0.25, -0.2) is 4.79 Å². The molecule has 1 aliphatic rings. The smallest absolute Gasteiger partial charge is 0.351 e. The predicted octanol–water partition coefficient (Wildman–Crippen LogP) is -1.96. The van der Waals surface area contributed by atoms with Crippen molar-refractivity contribution >= 4 is 5.82 Å². The van der Waals surface area contributed by atoms with E-state index in [9.17, 15) is 15.0 Å². The first-order valence-corrected chi connectivity index (χ1v) is 6.42. The number of ether oxygens (including phenoxy) is 1. The molecule has 8 nitrogen and oxygen atoms in total. The predicted molar refractivity (Wildman–Crippen MR) is 74.8 cm³/mol. The standard InChI is InChI=1S/C13H18N4O4/c1-2-4-13(15)8(6-18)9(7-19)21-11(13)17-5-3-10(14)16-12(17)20/h3,5,8-9,11,18-19H,6-7,15H2,1H3,(H2,14,16,20)/t8?,9-,11-,13?/m1/s1. The maximum Gasteiger partial charge on any atom is 0.351 e. The van der Waals surface area contributed by atoms with E-state index < -0.39 is 29.5 Å². The third kappa shape index (κ3) is 2.52. The lowest BCUT2D eigenvalue weighted by Crippen LogP contribution is -2.53. The lowest BCUT2D eigenvalue weighted by atomic mass is 9.83. The largest absolute Gasteiger partial charge is 0.396 e. The molecule has 2 heterocycles. The van der Waals surface area contributed by atoms with Gasteiger partial charge in [0.05, 0.1) is 19.3 Å². The first-order valence-electron chi connectivity index (χ1n) is 6.42. The number of aliphatic hydroxyl groups excluding tert-OH is 2. The molecule has 0 aliphatic carbocycles. The summed E-state index contributed by atoms with van der Waals surface area (Å²) in [6, 6.07) is 1.44. The zero-order valence-corrected chi connectivity index (χ0v) is 11.6. The second-order valence-corrected chi connectivity index (χ2v) is 4.85. The number of hydrogen-bond donors (Lipinski definition) is 4. The van der Waals surface area contributed by atoms with Crippen LogP contribution in [0.1, 0.15) is 13.2 Å². The van der Waals surface area contributed by atoms with E-state index in [1.165, 1.54) is 16.8 Å². The lowest BCUT2D eigenvalue weighted by Gasteiger charge is -2.29. The maximum atomic E-state index is 12.0. The van der Waals surface area contributed by atoms with E-state index in [-0.39, 0.29) is 19.0 Å². The number of aromatic nitrogens is 2. The Kier molecular flexibility index (Phi) is 4.29. The van der Waals surface area contributed by atoms with Crippen molar-refractivity contribution in [2.45, 2.75) is 24.8 Å². The summed E-state index contributed by atoms with van der Waals surface area (Å²) < 4.78 is 6.80. The van der Waals surface area contributed by atoms with E-state index in [1.807, 2.05) is 0 Å². The van der Waals surface area contributed by atoms with E-state index in [4.69, 9.17) is 16.2 Å². The third-order valence-corrected chi connectivity index (χ3v) is 3.60. The Labute approximate surface area is 121 Å². The van der Waals surface area contributed by atoms with E-state index in [0.29, 0.717) is 0 Å². The number of hydrogen-bond acceptors (Lipinski definition) is 7. The molecule has 1 aliphatic heterocycles. The van der Waals surface area contributed by atoms with Crippen LogP contribution >= 0.6 is 0 Å². The summed E-state index contributed by atoms with van der Waals surface area (Å²) in [5, 5.41) is 18.9. The van der Waals surface area contributed by atoms with Crippen LogP contribution in [0.5, 0.6) is 0 Å². The van der Waals surface area contributed by atoms with Gasteiger partial charge in [-0.05, 0) is 13.0 Å². The Hall–Kier alpha value is -1.92. The molecule has 1 aromatic rings. The Morgan fingerprint density at radius 2 is 2.24 bits per heavy atom. The van der Waals surface area contributed by atoms with Crippen molar-refractivity contribution in [2.24, 2.45) is 11.7 Å². The topological polar surface area (TPSA) is 137 Å². The van der Waals surface area contributed by atoms with Crippen LogP contribution in [-0.2, 0) is 4.74 Å². The SMILES string of the molecule is CC#CC1(N)C(CO)[C@@H](CO)O[C@H]1n1ccc(N)nc1=O. The fourth-order valence-electron chi connectivity index (χ4n) is 2.57. The summed E-state index contributed by atoms with van der Waals surface area (Å²) in [4.78, 5) is 15.6. The van der Waals surface area contributed by atoms with Crippen molar-refractivity contribution in [1.82, 2.24) is 9.55 Å². The van der Waals surface area contributed by atoms with E-state index in [0.717, 1.165) is 0 Å². The summed E-state index contributed by atoms with van der Waals surface area (Å²) in [7, 11) is 0. The average molecular weight is 294 g/mol. The molecular weight excluding hydrogens is 276 g/mol. The van der Waals surface area contributed by atoms with Crippen molar-refractivity contribution in [1.29, 1.82) is 0 Å². The minimum Gasteiger partial charge on any atom is -0.396 e. The van der Waals surface area contributed by atoms with Crippen LogP contribution in [0, 0.1) is 17.8 Å². The molecule has 0 bridgehead atoms. The fraction of sp³-hybridized carbons (Fsp3) is 0.538. The van der Waals surface area contributed by atoms with E-state index in [1.54, 1.807) is 6.92 Å². The number of anilines is 1. The number of nitrogen functional groups attached to an aromatic ring is 1. The summed E-state index contributed by atoms with van der Waals surface area (Å²) in [6.07, 6.45) is -0.294. The van der Waals surface area contributed by atoms with Crippen LogP contribution in [0.4, 0.5) is 5.82 Å². The first-order chi connectivity index (χ1) is 9.97. The Morgan fingerprint density at radius 3 is 2.76 bits per heavy atom. The molecule has 6 N–H and O–H groups in total. The summed E-state index contributed by atoms with van der Waals surface area (Å²) in [5.74, 6) is 4.92. The summed E-state index contributed by atoms with van der Waals surface area (Å²) in [5.41, 5.74) is 9.78. The zero-order valence-electron chi connectivity index (χ0n) is 11.6. The number of nitrogens with two attached hydrogens (primary N) is 2. The molecule has 0 spiro atoms. The molecule has 4 atom stereocenters. The third-order valence-electron chi connectivity index (χ3n) is 3.60.